The lowest BCUT2D eigenvalue weighted by atomic mass is 10.0. The fourth-order valence-electron chi connectivity index (χ4n) is 3.82. The number of amides is 1. The second-order valence-electron chi connectivity index (χ2n) is 7.80. The van der Waals surface area contributed by atoms with Gasteiger partial charge in [0.1, 0.15) is 11.8 Å². The molecule has 0 spiro atoms. The van der Waals surface area contributed by atoms with Crippen LogP contribution in [-0.2, 0) is 6.54 Å². The molecule has 0 saturated carbocycles. The van der Waals surface area contributed by atoms with Crippen LogP contribution >= 0.6 is 0 Å². The Labute approximate surface area is 188 Å². The number of nitrogens with zero attached hydrogens (tertiary/aromatic N) is 3. The van der Waals surface area contributed by atoms with Crippen LogP contribution in [0.3, 0.4) is 0 Å². The predicted molar refractivity (Wildman–Crippen MR) is 118 cm³/mol. The van der Waals surface area contributed by atoms with Crippen molar-refractivity contribution in [2.75, 3.05) is 26.3 Å². The third-order valence-electron chi connectivity index (χ3n) is 5.44. The average molecular weight is 441 g/mol. The Kier molecular flexibility index (Phi) is 8.01. The van der Waals surface area contributed by atoms with Crippen molar-refractivity contribution in [2.45, 2.75) is 46.2 Å². The monoisotopic (exact) mass is 440 g/mol. The molecule has 7 nitrogen and oxygen atoms in total. The van der Waals surface area contributed by atoms with Crippen LogP contribution in [0.1, 0.15) is 53.9 Å². The van der Waals surface area contributed by atoms with E-state index in [0.717, 1.165) is 31.5 Å². The molecule has 1 aliphatic rings. The number of carbonyl (C=O) groups excluding carboxylic acids is 1. The number of carbonyl (C=O) groups is 1. The largest absolute Gasteiger partial charge is 0.491 e. The fraction of sp³-hybridized carbons (Fsp3) is 0.458. The van der Waals surface area contributed by atoms with Crippen LogP contribution in [0.15, 0.2) is 24.4 Å². The van der Waals surface area contributed by atoms with Gasteiger partial charge in [-0.2, -0.15) is 9.65 Å². The molecule has 3 rings (SSSR count). The maximum Gasteiger partial charge on any atom is 0.253 e. The zero-order valence-electron chi connectivity index (χ0n) is 18.8. The summed E-state index contributed by atoms with van der Waals surface area (Å²) in [6.45, 7) is 8.43. The first-order valence-corrected chi connectivity index (χ1v) is 10.9. The third-order valence-corrected chi connectivity index (χ3v) is 5.44. The molecule has 1 saturated heterocycles. The summed E-state index contributed by atoms with van der Waals surface area (Å²) in [6.07, 6.45) is 3.06. The van der Waals surface area contributed by atoms with E-state index in [4.69, 9.17) is 14.7 Å². The van der Waals surface area contributed by atoms with Crippen LogP contribution in [0, 0.1) is 24.1 Å². The number of halogens is 1. The second-order valence-corrected chi connectivity index (χ2v) is 7.80. The van der Waals surface area contributed by atoms with E-state index < -0.39 is 5.82 Å². The van der Waals surface area contributed by atoms with Gasteiger partial charge in [-0.15, -0.1) is 0 Å². The summed E-state index contributed by atoms with van der Waals surface area (Å²) in [4.78, 5) is 18.9. The van der Waals surface area contributed by atoms with Crippen molar-refractivity contribution < 1.29 is 18.7 Å². The van der Waals surface area contributed by atoms with E-state index >= 15 is 0 Å². The van der Waals surface area contributed by atoms with Crippen LogP contribution in [0.2, 0.25) is 0 Å². The highest BCUT2D eigenvalue weighted by molar-refractivity contribution is 5.94. The van der Waals surface area contributed by atoms with E-state index in [9.17, 15) is 9.18 Å². The smallest absolute Gasteiger partial charge is 0.253 e. The number of rotatable bonds is 8. The number of nitriles is 1. The molecule has 0 aliphatic carbocycles. The quantitative estimate of drug-likeness (QED) is 0.675. The first-order valence-electron chi connectivity index (χ1n) is 10.9. The number of hydrogen-bond acceptors (Lipinski definition) is 6. The first-order chi connectivity index (χ1) is 15.4. The molecule has 1 fully saturated rings. The molecule has 1 N–H and O–H groups in total. The van der Waals surface area contributed by atoms with E-state index in [0.29, 0.717) is 36.6 Å². The van der Waals surface area contributed by atoms with E-state index in [1.54, 1.807) is 25.1 Å². The van der Waals surface area contributed by atoms with Gasteiger partial charge in [0.05, 0.1) is 18.8 Å². The Morgan fingerprint density at radius 3 is 2.38 bits per heavy atom. The maximum absolute atomic E-state index is 14.5. The summed E-state index contributed by atoms with van der Waals surface area (Å²) in [5.41, 5.74) is 2.41. The van der Waals surface area contributed by atoms with Gasteiger partial charge in [0.25, 0.3) is 5.91 Å². The van der Waals surface area contributed by atoms with Gasteiger partial charge in [-0.3, -0.25) is 9.69 Å². The van der Waals surface area contributed by atoms with Crippen molar-refractivity contribution in [3.05, 3.63) is 52.6 Å². The Balaban J connectivity index is 1.57. The lowest BCUT2D eigenvalue weighted by Crippen LogP contribution is -2.44. The van der Waals surface area contributed by atoms with E-state index in [1.165, 1.54) is 6.20 Å². The van der Waals surface area contributed by atoms with Crippen molar-refractivity contribution in [1.82, 2.24) is 15.2 Å². The summed E-state index contributed by atoms with van der Waals surface area (Å²) in [7, 11) is 0. The number of likely N-dealkylation sites (tertiary alicyclic amines) is 1. The number of aryl methyl sites for hydroxylation is 1. The second kappa shape index (κ2) is 10.9. The molecule has 0 radical (unpaired) electrons. The van der Waals surface area contributed by atoms with Crippen molar-refractivity contribution in [2.24, 2.45) is 0 Å². The highest BCUT2D eigenvalue weighted by Crippen LogP contribution is 2.30. The summed E-state index contributed by atoms with van der Waals surface area (Å²) >= 11 is 0. The van der Waals surface area contributed by atoms with Gasteiger partial charge in [-0.1, -0.05) is 0 Å². The summed E-state index contributed by atoms with van der Waals surface area (Å²) in [6, 6.07) is 7.23. The lowest BCUT2D eigenvalue weighted by Gasteiger charge is -2.32. The molecular weight excluding hydrogens is 411 g/mol. The first kappa shape index (κ1) is 23.5. The molecule has 1 aliphatic heterocycles. The van der Waals surface area contributed by atoms with Crippen LogP contribution in [0.25, 0.3) is 0 Å². The molecule has 1 amide bonds. The minimum absolute atomic E-state index is 0.0703. The van der Waals surface area contributed by atoms with Gasteiger partial charge in [0.2, 0.25) is 5.82 Å². The Morgan fingerprint density at radius 2 is 1.84 bits per heavy atom. The summed E-state index contributed by atoms with van der Waals surface area (Å²) < 4.78 is 25.3. The molecule has 2 heterocycles. The van der Waals surface area contributed by atoms with Gasteiger partial charge < -0.3 is 14.8 Å². The minimum Gasteiger partial charge on any atom is -0.491 e. The Morgan fingerprint density at radius 1 is 1.22 bits per heavy atom. The molecule has 8 heteroatoms. The maximum atomic E-state index is 14.5. The predicted octanol–water partition coefficient (Wildman–Crippen LogP) is 3.59. The number of hydrogen-bond donors (Lipinski definition) is 1. The molecule has 0 atom stereocenters. The van der Waals surface area contributed by atoms with Crippen LogP contribution in [0.4, 0.5) is 4.39 Å². The molecule has 1 aromatic carbocycles. The molecule has 0 bridgehead atoms. The van der Waals surface area contributed by atoms with Crippen molar-refractivity contribution >= 4 is 5.91 Å². The van der Waals surface area contributed by atoms with E-state index in [-0.39, 0.29) is 23.4 Å². The summed E-state index contributed by atoms with van der Waals surface area (Å²) in [5, 5.41) is 12.1. The van der Waals surface area contributed by atoms with Crippen LogP contribution in [0.5, 0.6) is 11.5 Å². The van der Waals surface area contributed by atoms with E-state index in [2.05, 4.69) is 15.2 Å². The van der Waals surface area contributed by atoms with Gasteiger partial charge in [0.15, 0.2) is 11.5 Å². The highest BCUT2D eigenvalue weighted by atomic mass is 19.1. The van der Waals surface area contributed by atoms with Crippen molar-refractivity contribution in [3.63, 3.8) is 0 Å². The molecule has 2 aromatic rings. The minimum atomic E-state index is -0.466. The number of benzene rings is 1. The summed E-state index contributed by atoms with van der Waals surface area (Å²) in [5.74, 6) is -0.222. The van der Waals surface area contributed by atoms with Gasteiger partial charge in [-0.05, 0) is 62.9 Å². The zero-order valence-corrected chi connectivity index (χ0v) is 18.8. The standard InChI is InChI=1S/C24H29FN4O3/c1-4-31-21-11-17(12-22(23(21)25)32-5-2)15-29-8-6-19(7-9-29)28-24(30)18-10-16(3)20(13-26)27-14-18/h10-12,14,19H,4-9,15H2,1-3H3,(H,28,30). The molecule has 0 unspecified atom stereocenters. The highest BCUT2D eigenvalue weighted by Gasteiger charge is 2.23. The number of nitrogens with one attached hydrogen (secondary N) is 1. The van der Waals surface area contributed by atoms with Gasteiger partial charge in [-0.25, -0.2) is 4.98 Å². The SMILES string of the molecule is CCOc1cc(CN2CCC(NC(=O)c3cnc(C#N)c(C)c3)CC2)cc(OCC)c1F. The number of pyridine rings is 1. The van der Waals surface area contributed by atoms with Gasteiger partial charge in [0, 0.05) is 31.9 Å². The molecule has 32 heavy (non-hydrogen) atoms. The molecular formula is C24H29FN4O3. The van der Waals surface area contributed by atoms with Crippen molar-refractivity contribution in [3.8, 4) is 17.6 Å². The van der Waals surface area contributed by atoms with Gasteiger partial charge >= 0.3 is 0 Å². The lowest BCUT2D eigenvalue weighted by molar-refractivity contribution is 0.0908. The van der Waals surface area contributed by atoms with Crippen LogP contribution < -0.4 is 14.8 Å². The topological polar surface area (TPSA) is 87.5 Å². The number of ether oxygens (including phenoxy) is 2. The Bertz CT molecular complexity index is 970. The normalized spacial score (nSPS) is 14.6. The number of piperidine rings is 1. The molecule has 1 aromatic heterocycles. The van der Waals surface area contributed by atoms with Crippen molar-refractivity contribution in [1.29, 1.82) is 5.26 Å². The Hall–Kier alpha value is -3.18. The average Bonchev–Trinajstić information content (AvgIpc) is 2.78. The third kappa shape index (κ3) is 5.74. The molecule has 170 valence electrons. The zero-order chi connectivity index (χ0) is 23.1. The number of aromatic nitrogens is 1. The van der Waals surface area contributed by atoms with Crippen LogP contribution in [-0.4, -0.2) is 48.1 Å². The fourth-order valence-corrected chi connectivity index (χ4v) is 3.82. The van der Waals surface area contributed by atoms with E-state index in [1.807, 2.05) is 19.9 Å².